The summed E-state index contributed by atoms with van der Waals surface area (Å²) >= 11 is 0. The molecule has 0 saturated carbocycles. The van der Waals surface area contributed by atoms with Crippen molar-refractivity contribution in [2.75, 3.05) is 6.54 Å². The summed E-state index contributed by atoms with van der Waals surface area (Å²) in [4.78, 5) is 3.97. The van der Waals surface area contributed by atoms with E-state index >= 15 is 0 Å². The topological polar surface area (TPSA) is 64.4 Å². The molecule has 1 unspecified atom stereocenters. The third-order valence-electron chi connectivity index (χ3n) is 1.44. The highest BCUT2D eigenvalue weighted by atomic mass is 14.9. The maximum atomic E-state index is 5.71. The van der Waals surface area contributed by atoms with Gasteiger partial charge in [-0.25, -0.2) is 0 Å². The van der Waals surface area contributed by atoms with E-state index in [0.29, 0.717) is 12.2 Å². The molecular weight excluding hydrogens is 114 g/mol. The molecule has 0 amide bonds. The summed E-state index contributed by atoms with van der Waals surface area (Å²) in [5.41, 5.74) is 11.6. The normalized spacial score (nSPS) is 34.2. The van der Waals surface area contributed by atoms with Crippen molar-refractivity contribution >= 4 is 6.21 Å². The molecule has 1 heterocycles. The van der Waals surface area contributed by atoms with Crippen molar-refractivity contribution in [1.29, 1.82) is 0 Å². The molecule has 3 nitrogen and oxygen atoms in total. The maximum Gasteiger partial charge on any atom is 0.0725 e. The molecule has 0 aromatic rings. The first-order valence-electron chi connectivity index (χ1n) is 2.88. The van der Waals surface area contributed by atoms with Crippen molar-refractivity contribution in [2.24, 2.45) is 16.5 Å². The van der Waals surface area contributed by atoms with Gasteiger partial charge in [-0.1, -0.05) is 0 Å². The molecule has 1 rings (SSSR count). The molecule has 3 heteroatoms. The van der Waals surface area contributed by atoms with Crippen molar-refractivity contribution in [3.8, 4) is 0 Å². The minimum atomic E-state index is -0.422. The first kappa shape index (κ1) is 6.29. The zero-order valence-electron chi connectivity index (χ0n) is 5.46. The zero-order chi connectivity index (χ0) is 6.91. The molecule has 0 spiro atoms. The quantitative estimate of drug-likeness (QED) is 0.464. The summed E-state index contributed by atoms with van der Waals surface area (Å²) in [6.45, 7) is 2.46. The van der Waals surface area contributed by atoms with E-state index in [1.165, 1.54) is 0 Å². The third-order valence-corrected chi connectivity index (χ3v) is 1.44. The lowest BCUT2D eigenvalue weighted by atomic mass is 9.98. The van der Waals surface area contributed by atoms with Crippen LogP contribution in [0.4, 0.5) is 0 Å². The van der Waals surface area contributed by atoms with E-state index in [0.717, 1.165) is 0 Å². The van der Waals surface area contributed by atoms with Crippen LogP contribution in [0.3, 0.4) is 0 Å². The first-order valence-corrected chi connectivity index (χ1v) is 2.88. The van der Waals surface area contributed by atoms with E-state index in [9.17, 15) is 0 Å². The Hall–Kier alpha value is -0.830. The Morgan fingerprint density at radius 2 is 2.44 bits per heavy atom. The fraction of sp³-hybridized carbons (Fsp3) is 0.500. The molecule has 1 aliphatic rings. The number of nitrogens with zero attached hydrogens (tertiary/aromatic N) is 1. The Balaban J connectivity index is 2.83. The SMILES string of the molecule is CC1(N)CN=CC=C1N. The minimum Gasteiger partial charge on any atom is -0.400 e. The average Bonchev–Trinajstić information content (AvgIpc) is 1.77. The van der Waals surface area contributed by atoms with E-state index in [1.807, 2.05) is 6.92 Å². The molecule has 0 aliphatic carbocycles. The predicted molar refractivity (Wildman–Crippen MR) is 38.2 cm³/mol. The molecule has 9 heavy (non-hydrogen) atoms. The molecular formula is C6H11N3. The van der Waals surface area contributed by atoms with Crippen LogP contribution in [0.15, 0.2) is 16.8 Å². The van der Waals surface area contributed by atoms with Crippen molar-refractivity contribution < 1.29 is 0 Å². The van der Waals surface area contributed by atoms with E-state index in [2.05, 4.69) is 4.99 Å². The zero-order valence-corrected chi connectivity index (χ0v) is 5.46. The lowest BCUT2D eigenvalue weighted by Gasteiger charge is -2.24. The largest absolute Gasteiger partial charge is 0.400 e. The van der Waals surface area contributed by atoms with Gasteiger partial charge in [0.2, 0.25) is 0 Å². The molecule has 1 atom stereocenters. The van der Waals surface area contributed by atoms with Crippen LogP contribution in [0.1, 0.15) is 6.92 Å². The molecule has 0 aromatic carbocycles. The summed E-state index contributed by atoms with van der Waals surface area (Å²) in [5.74, 6) is 0. The second-order valence-corrected chi connectivity index (χ2v) is 2.53. The van der Waals surface area contributed by atoms with Gasteiger partial charge in [0.25, 0.3) is 0 Å². The number of allylic oxidation sites excluding steroid dienone is 1. The maximum absolute atomic E-state index is 5.71. The monoisotopic (exact) mass is 125 g/mol. The van der Waals surface area contributed by atoms with E-state index < -0.39 is 5.54 Å². The fourth-order valence-electron chi connectivity index (χ4n) is 0.657. The van der Waals surface area contributed by atoms with Crippen LogP contribution in [0.25, 0.3) is 0 Å². The average molecular weight is 125 g/mol. The van der Waals surface area contributed by atoms with E-state index in [4.69, 9.17) is 11.5 Å². The Labute approximate surface area is 54.4 Å². The molecule has 50 valence electrons. The standard InChI is InChI=1S/C6H11N3/c1-6(8)4-9-3-2-5(6)7/h2-3H,4,7-8H2,1H3. The summed E-state index contributed by atoms with van der Waals surface area (Å²) in [5, 5.41) is 0. The van der Waals surface area contributed by atoms with Crippen LogP contribution in [0, 0.1) is 0 Å². The van der Waals surface area contributed by atoms with Crippen LogP contribution in [-0.4, -0.2) is 18.3 Å². The predicted octanol–water partition coefficient (Wildman–Crippen LogP) is -0.369. The highest BCUT2D eigenvalue weighted by Gasteiger charge is 2.22. The van der Waals surface area contributed by atoms with Gasteiger partial charge in [-0.15, -0.1) is 0 Å². The van der Waals surface area contributed by atoms with Gasteiger partial charge >= 0.3 is 0 Å². The molecule has 0 fully saturated rings. The fourth-order valence-corrected chi connectivity index (χ4v) is 0.657. The van der Waals surface area contributed by atoms with Crippen molar-refractivity contribution in [3.63, 3.8) is 0 Å². The number of hydrogen-bond donors (Lipinski definition) is 2. The van der Waals surface area contributed by atoms with Gasteiger partial charge in [-0.2, -0.15) is 0 Å². The first-order chi connectivity index (χ1) is 4.13. The van der Waals surface area contributed by atoms with Crippen LogP contribution >= 0.6 is 0 Å². The van der Waals surface area contributed by atoms with Gasteiger partial charge in [-0.3, -0.25) is 4.99 Å². The van der Waals surface area contributed by atoms with Crippen molar-refractivity contribution in [3.05, 3.63) is 11.8 Å². The van der Waals surface area contributed by atoms with Crippen molar-refractivity contribution in [1.82, 2.24) is 0 Å². The molecule has 0 radical (unpaired) electrons. The van der Waals surface area contributed by atoms with Gasteiger partial charge in [-0.05, 0) is 13.0 Å². The number of nitrogens with two attached hydrogens (primary N) is 2. The Kier molecular flexibility index (Phi) is 1.29. The van der Waals surface area contributed by atoms with Crippen LogP contribution in [0.2, 0.25) is 0 Å². The number of aliphatic imine (C=N–C) groups is 1. The Morgan fingerprint density at radius 3 is 2.78 bits per heavy atom. The molecule has 0 bridgehead atoms. The van der Waals surface area contributed by atoms with Crippen molar-refractivity contribution in [2.45, 2.75) is 12.5 Å². The molecule has 4 N–H and O–H groups in total. The number of hydrogen-bond acceptors (Lipinski definition) is 3. The molecule has 0 aromatic heterocycles. The van der Waals surface area contributed by atoms with E-state index in [1.54, 1.807) is 12.3 Å². The Morgan fingerprint density at radius 1 is 1.78 bits per heavy atom. The lowest BCUT2D eigenvalue weighted by molar-refractivity contribution is 0.553. The minimum absolute atomic E-state index is 0.422. The van der Waals surface area contributed by atoms with Gasteiger partial charge in [0.15, 0.2) is 0 Å². The summed E-state index contributed by atoms with van der Waals surface area (Å²) in [6.07, 6.45) is 3.42. The smallest absolute Gasteiger partial charge is 0.0725 e. The van der Waals surface area contributed by atoms with E-state index in [-0.39, 0.29) is 0 Å². The third kappa shape index (κ3) is 1.10. The van der Waals surface area contributed by atoms with Crippen LogP contribution in [-0.2, 0) is 0 Å². The van der Waals surface area contributed by atoms with Crippen LogP contribution < -0.4 is 11.5 Å². The van der Waals surface area contributed by atoms with Gasteiger partial charge in [0.05, 0.1) is 12.1 Å². The van der Waals surface area contributed by atoms with Crippen LogP contribution in [0.5, 0.6) is 0 Å². The van der Waals surface area contributed by atoms with Gasteiger partial charge in [0.1, 0.15) is 0 Å². The second kappa shape index (κ2) is 1.84. The second-order valence-electron chi connectivity index (χ2n) is 2.53. The highest BCUT2D eigenvalue weighted by molar-refractivity contribution is 5.74. The summed E-state index contributed by atoms with van der Waals surface area (Å²) in [6, 6.07) is 0. The van der Waals surface area contributed by atoms with Gasteiger partial charge in [0, 0.05) is 11.9 Å². The summed E-state index contributed by atoms with van der Waals surface area (Å²) < 4.78 is 0. The Bertz CT molecular complexity index is 167. The number of dihydropyridines is 1. The molecule has 1 aliphatic heterocycles. The highest BCUT2D eigenvalue weighted by Crippen LogP contribution is 2.10. The molecule has 0 saturated heterocycles. The number of rotatable bonds is 0. The summed E-state index contributed by atoms with van der Waals surface area (Å²) in [7, 11) is 0. The lowest BCUT2D eigenvalue weighted by Crippen LogP contribution is -2.46. The van der Waals surface area contributed by atoms with Gasteiger partial charge < -0.3 is 11.5 Å².